The topological polar surface area (TPSA) is 90.3 Å². The summed E-state index contributed by atoms with van der Waals surface area (Å²) < 4.78 is 27.2. The van der Waals surface area contributed by atoms with Crippen LogP contribution in [0.5, 0.6) is 0 Å². The molecule has 0 bridgehead atoms. The molecule has 0 spiro atoms. The van der Waals surface area contributed by atoms with Crippen molar-refractivity contribution >= 4 is 32.3 Å². The minimum Gasteiger partial charge on any atom is -0.316 e. The second kappa shape index (κ2) is 8.73. The quantitative estimate of drug-likeness (QED) is 0.749. The van der Waals surface area contributed by atoms with Crippen molar-refractivity contribution in [3.05, 3.63) is 45.8 Å². The molecule has 1 aliphatic carbocycles. The lowest BCUT2D eigenvalue weighted by Crippen LogP contribution is -2.41. The van der Waals surface area contributed by atoms with Gasteiger partial charge in [-0.05, 0) is 62.6 Å². The smallest absolute Gasteiger partial charge is 0.243 e. The van der Waals surface area contributed by atoms with Gasteiger partial charge in [-0.1, -0.05) is 24.6 Å². The van der Waals surface area contributed by atoms with E-state index >= 15 is 0 Å². The third kappa shape index (κ3) is 4.40. The van der Waals surface area contributed by atoms with Crippen LogP contribution in [-0.2, 0) is 27.7 Å². The number of aryl methyl sites for hydroxylation is 1. The van der Waals surface area contributed by atoms with Gasteiger partial charge in [-0.3, -0.25) is 4.79 Å². The van der Waals surface area contributed by atoms with Gasteiger partial charge in [0.15, 0.2) is 0 Å². The van der Waals surface area contributed by atoms with Crippen molar-refractivity contribution in [3.63, 3.8) is 0 Å². The van der Waals surface area contributed by atoms with Crippen LogP contribution < -0.4 is 5.32 Å². The van der Waals surface area contributed by atoms with Crippen molar-refractivity contribution in [2.75, 3.05) is 18.4 Å². The average Bonchev–Trinajstić information content (AvgIpc) is 3.09. The highest BCUT2D eigenvalue weighted by Crippen LogP contribution is 2.39. The number of thiophene rings is 1. The molecule has 0 radical (unpaired) electrons. The molecule has 8 heteroatoms. The molecule has 164 valence electrons. The third-order valence-electron chi connectivity index (χ3n) is 6.34. The van der Waals surface area contributed by atoms with Crippen LogP contribution in [0, 0.1) is 30.1 Å². The second-order valence-electron chi connectivity index (χ2n) is 8.65. The Morgan fingerprint density at radius 2 is 1.87 bits per heavy atom. The fourth-order valence-corrected chi connectivity index (χ4v) is 7.22. The Balaban J connectivity index is 1.41. The minimum atomic E-state index is -3.54. The summed E-state index contributed by atoms with van der Waals surface area (Å²) in [5.41, 5.74) is 2.72. The number of carbonyl (C=O) groups excluding carboxylic acids is 1. The van der Waals surface area contributed by atoms with E-state index in [1.807, 2.05) is 6.92 Å². The maximum Gasteiger partial charge on any atom is 0.243 e. The molecule has 1 amide bonds. The summed E-state index contributed by atoms with van der Waals surface area (Å²) in [5.74, 6) is 0.227. The van der Waals surface area contributed by atoms with E-state index in [9.17, 15) is 18.5 Å². The average molecular weight is 458 g/mol. The molecule has 1 aromatic carbocycles. The highest BCUT2D eigenvalue weighted by Gasteiger charge is 2.33. The number of hydrogen-bond donors (Lipinski definition) is 1. The first kappa shape index (κ1) is 22.0. The van der Waals surface area contributed by atoms with Crippen molar-refractivity contribution in [2.24, 2.45) is 11.8 Å². The summed E-state index contributed by atoms with van der Waals surface area (Å²) in [5, 5.41) is 13.3. The fraction of sp³-hybridized carbons (Fsp3) is 0.478. The number of hydrogen-bond acceptors (Lipinski definition) is 5. The highest BCUT2D eigenvalue weighted by molar-refractivity contribution is 7.89. The van der Waals surface area contributed by atoms with Crippen molar-refractivity contribution in [1.82, 2.24) is 4.31 Å². The van der Waals surface area contributed by atoms with Gasteiger partial charge in [0.1, 0.15) is 11.1 Å². The molecule has 1 atom stereocenters. The van der Waals surface area contributed by atoms with Gasteiger partial charge in [-0.15, -0.1) is 11.3 Å². The molecule has 0 saturated carbocycles. The molecule has 1 N–H and O–H groups in total. The van der Waals surface area contributed by atoms with Crippen molar-refractivity contribution < 1.29 is 13.2 Å². The minimum absolute atomic E-state index is 0.115. The first-order valence-corrected chi connectivity index (χ1v) is 13.0. The molecule has 2 aromatic rings. The van der Waals surface area contributed by atoms with Crippen LogP contribution in [0.15, 0.2) is 29.2 Å². The van der Waals surface area contributed by atoms with Gasteiger partial charge >= 0.3 is 0 Å². The molecular formula is C23H27N3O3S2. The summed E-state index contributed by atoms with van der Waals surface area (Å²) in [6.07, 6.45) is 3.86. The zero-order chi connectivity index (χ0) is 22.2. The van der Waals surface area contributed by atoms with Crippen molar-refractivity contribution in [1.29, 1.82) is 5.26 Å². The molecule has 1 fully saturated rings. The molecular weight excluding hydrogens is 430 g/mol. The number of piperidine rings is 1. The lowest BCUT2D eigenvalue weighted by Gasteiger charge is -2.30. The van der Waals surface area contributed by atoms with E-state index in [0.29, 0.717) is 42.4 Å². The number of anilines is 1. The van der Waals surface area contributed by atoms with Gasteiger partial charge in [0.2, 0.25) is 15.9 Å². The lowest BCUT2D eigenvalue weighted by atomic mass is 9.88. The normalized spacial score (nSPS) is 20.1. The second-order valence-corrected chi connectivity index (χ2v) is 11.7. The van der Waals surface area contributed by atoms with Crippen LogP contribution in [0.2, 0.25) is 0 Å². The fourth-order valence-electron chi connectivity index (χ4n) is 4.39. The molecule has 6 nitrogen and oxygen atoms in total. The number of amides is 1. The van der Waals surface area contributed by atoms with Crippen LogP contribution in [0.4, 0.5) is 5.00 Å². The lowest BCUT2D eigenvalue weighted by molar-refractivity contribution is -0.120. The van der Waals surface area contributed by atoms with Crippen LogP contribution in [0.25, 0.3) is 0 Å². The number of sulfonamides is 1. The maximum absolute atomic E-state index is 12.9. The van der Waals surface area contributed by atoms with Crippen molar-refractivity contribution in [3.8, 4) is 6.07 Å². The van der Waals surface area contributed by atoms with Gasteiger partial charge < -0.3 is 5.32 Å². The van der Waals surface area contributed by atoms with Crippen molar-refractivity contribution in [2.45, 2.75) is 50.8 Å². The summed E-state index contributed by atoms with van der Waals surface area (Å²) in [4.78, 5) is 14.4. The molecule has 1 saturated heterocycles. The van der Waals surface area contributed by atoms with Crippen LogP contribution >= 0.6 is 11.3 Å². The Morgan fingerprint density at radius 3 is 2.52 bits per heavy atom. The SMILES string of the molecule is Cc1ccc(S(=O)(=O)N2CCC(C(=O)Nc3sc4c(c3C#N)CC[C@@H](C)C4)CC2)cc1. The van der Waals surface area contributed by atoms with E-state index in [4.69, 9.17) is 0 Å². The number of nitrogens with one attached hydrogen (secondary N) is 1. The number of nitrogens with zero attached hydrogens (tertiary/aromatic N) is 2. The van der Waals surface area contributed by atoms with Gasteiger partial charge in [0.25, 0.3) is 0 Å². The van der Waals surface area contributed by atoms with E-state index in [1.165, 1.54) is 20.5 Å². The van der Waals surface area contributed by atoms with Gasteiger partial charge in [-0.2, -0.15) is 9.57 Å². The molecule has 1 aliphatic heterocycles. The van der Waals surface area contributed by atoms with Gasteiger partial charge in [-0.25, -0.2) is 8.42 Å². The zero-order valence-electron chi connectivity index (χ0n) is 17.8. The number of benzene rings is 1. The van der Waals surface area contributed by atoms with Gasteiger partial charge in [0.05, 0.1) is 10.5 Å². The van der Waals surface area contributed by atoms with E-state index in [-0.39, 0.29) is 16.7 Å². The zero-order valence-corrected chi connectivity index (χ0v) is 19.5. The Morgan fingerprint density at radius 1 is 1.19 bits per heavy atom. The van der Waals surface area contributed by atoms with Crippen LogP contribution in [0.3, 0.4) is 0 Å². The number of nitriles is 1. The Labute approximate surface area is 187 Å². The van der Waals surface area contributed by atoms with E-state index < -0.39 is 10.0 Å². The summed E-state index contributed by atoms with van der Waals surface area (Å²) >= 11 is 1.53. The van der Waals surface area contributed by atoms with E-state index in [0.717, 1.165) is 30.4 Å². The number of carbonyl (C=O) groups is 1. The number of rotatable bonds is 4. The van der Waals surface area contributed by atoms with Crippen LogP contribution in [0.1, 0.15) is 47.8 Å². The standard InChI is InChI=1S/C23H27N3O3S2/c1-15-3-6-18(7-4-15)31(28,29)26-11-9-17(10-12-26)22(27)25-23-20(14-24)19-8-5-16(2)13-21(19)30-23/h3-4,6-7,16-17H,5,8-13H2,1-2H3,(H,25,27)/t16-/m1/s1. The Hall–Kier alpha value is -2.21. The van der Waals surface area contributed by atoms with Crippen LogP contribution in [-0.4, -0.2) is 31.7 Å². The summed E-state index contributed by atoms with van der Waals surface area (Å²) in [7, 11) is -3.54. The summed E-state index contributed by atoms with van der Waals surface area (Å²) in [6.45, 7) is 4.77. The molecule has 1 aromatic heterocycles. The largest absolute Gasteiger partial charge is 0.316 e. The molecule has 0 unspecified atom stereocenters. The first-order valence-electron chi connectivity index (χ1n) is 10.7. The monoisotopic (exact) mass is 457 g/mol. The molecule has 4 rings (SSSR count). The Kier molecular flexibility index (Phi) is 6.20. The molecule has 2 heterocycles. The first-order chi connectivity index (χ1) is 14.8. The molecule has 2 aliphatic rings. The molecule has 31 heavy (non-hydrogen) atoms. The Bertz CT molecular complexity index is 1120. The highest BCUT2D eigenvalue weighted by atomic mass is 32.2. The van der Waals surface area contributed by atoms with E-state index in [2.05, 4.69) is 18.3 Å². The predicted octanol–water partition coefficient (Wildman–Crippen LogP) is 4.09. The van der Waals surface area contributed by atoms with E-state index in [1.54, 1.807) is 24.3 Å². The maximum atomic E-state index is 12.9. The number of fused-ring (bicyclic) bond motifs is 1. The summed E-state index contributed by atoms with van der Waals surface area (Å²) in [6, 6.07) is 9.13. The predicted molar refractivity (Wildman–Crippen MR) is 122 cm³/mol. The van der Waals surface area contributed by atoms with Gasteiger partial charge in [0, 0.05) is 23.9 Å². The third-order valence-corrected chi connectivity index (χ3v) is 9.43.